The summed E-state index contributed by atoms with van der Waals surface area (Å²) in [5.41, 5.74) is 0.691. The molecule has 0 fully saturated rings. The van der Waals surface area contributed by atoms with Crippen molar-refractivity contribution in [2.45, 2.75) is 26.1 Å². The maximum atomic E-state index is 9.55. The molecule has 0 bridgehead atoms. The Hall–Kier alpha value is -0.990. The van der Waals surface area contributed by atoms with E-state index in [1.807, 2.05) is 6.92 Å². The molecule has 1 rings (SSSR count). The number of hydrogen-bond acceptors (Lipinski definition) is 2. The molecule has 2 nitrogen and oxygen atoms in total. The number of benzene rings is 1. The molecule has 82 valence electrons. The van der Waals surface area contributed by atoms with Crippen molar-refractivity contribution in [2.75, 3.05) is 0 Å². The number of rotatable bonds is 4. The summed E-state index contributed by atoms with van der Waals surface area (Å²) in [6.45, 7) is 7.20. The van der Waals surface area contributed by atoms with E-state index < -0.39 is 6.10 Å². The number of aliphatic hydroxyl groups excluding tert-OH is 1. The van der Waals surface area contributed by atoms with Gasteiger partial charge in [-0.25, -0.2) is 0 Å². The molecule has 1 N–H and O–H groups in total. The van der Waals surface area contributed by atoms with Gasteiger partial charge in [0.15, 0.2) is 0 Å². The van der Waals surface area contributed by atoms with Gasteiger partial charge in [-0.2, -0.15) is 0 Å². The first-order chi connectivity index (χ1) is 7.04. The van der Waals surface area contributed by atoms with Crippen molar-refractivity contribution in [3.63, 3.8) is 0 Å². The minimum Gasteiger partial charge on any atom is -0.486 e. The molecule has 0 heterocycles. The van der Waals surface area contributed by atoms with Gasteiger partial charge in [0.1, 0.15) is 11.9 Å². The summed E-state index contributed by atoms with van der Waals surface area (Å²) in [4.78, 5) is 0. The van der Waals surface area contributed by atoms with E-state index in [-0.39, 0.29) is 6.10 Å². The van der Waals surface area contributed by atoms with Gasteiger partial charge < -0.3 is 9.84 Å². The van der Waals surface area contributed by atoms with E-state index in [1.54, 1.807) is 31.2 Å². The van der Waals surface area contributed by atoms with Crippen molar-refractivity contribution in [2.24, 2.45) is 0 Å². The molecule has 0 saturated carbocycles. The molecule has 0 amide bonds. The number of ether oxygens (including phenoxy) is 1. The van der Waals surface area contributed by atoms with E-state index >= 15 is 0 Å². The molecule has 0 saturated heterocycles. The minimum absolute atomic E-state index is 0.0938. The SMILES string of the molecule is C=CC(C)Oc1ccc(Cl)cc1[C@@H](C)O. The summed E-state index contributed by atoms with van der Waals surface area (Å²) in [6.07, 6.45) is 1.000. The Kier molecular flexibility index (Phi) is 4.18. The van der Waals surface area contributed by atoms with Crippen LogP contribution in [0.2, 0.25) is 5.02 Å². The highest BCUT2D eigenvalue weighted by Gasteiger charge is 2.11. The second-order valence-corrected chi connectivity index (χ2v) is 3.85. The Morgan fingerprint density at radius 2 is 2.13 bits per heavy atom. The van der Waals surface area contributed by atoms with Crippen molar-refractivity contribution < 1.29 is 9.84 Å². The molecule has 0 aliphatic heterocycles. The Labute approximate surface area is 95.1 Å². The quantitative estimate of drug-likeness (QED) is 0.798. The smallest absolute Gasteiger partial charge is 0.126 e. The predicted molar refractivity (Wildman–Crippen MR) is 62.4 cm³/mol. The summed E-state index contributed by atoms with van der Waals surface area (Å²) in [5, 5.41) is 10.1. The van der Waals surface area contributed by atoms with Gasteiger partial charge in [-0.3, -0.25) is 0 Å². The Morgan fingerprint density at radius 1 is 1.47 bits per heavy atom. The standard InChI is InChI=1S/C12H15ClO2/c1-4-8(2)15-12-6-5-10(13)7-11(12)9(3)14/h4-9,14H,1H2,2-3H3/t8?,9-/m1/s1. The van der Waals surface area contributed by atoms with E-state index in [2.05, 4.69) is 6.58 Å². The maximum Gasteiger partial charge on any atom is 0.126 e. The van der Waals surface area contributed by atoms with Crippen LogP contribution in [0, 0.1) is 0 Å². The summed E-state index contributed by atoms with van der Waals surface area (Å²) in [6, 6.07) is 5.19. The Morgan fingerprint density at radius 3 is 2.67 bits per heavy atom. The van der Waals surface area contributed by atoms with Gasteiger partial charge in [-0.1, -0.05) is 24.3 Å². The lowest BCUT2D eigenvalue weighted by Crippen LogP contribution is -2.09. The number of aliphatic hydroxyl groups is 1. The first kappa shape index (κ1) is 12.1. The molecule has 3 heteroatoms. The van der Waals surface area contributed by atoms with E-state index in [0.29, 0.717) is 16.3 Å². The highest BCUT2D eigenvalue weighted by Crippen LogP contribution is 2.29. The third kappa shape index (κ3) is 3.26. The van der Waals surface area contributed by atoms with E-state index in [1.165, 1.54) is 0 Å². The van der Waals surface area contributed by atoms with Crippen LogP contribution in [0.3, 0.4) is 0 Å². The van der Waals surface area contributed by atoms with Crippen LogP contribution in [0.1, 0.15) is 25.5 Å². The zero-order chi connectivity index (χ0) is 11.4. The molecule has 15 heavy (non-hydrogen) atoms. The predicted octanol–water partition coefficient (Wildman–Crippen LogP) is 3.35. The van der Waals surface area contributed by atoms with Crippen molar-refractivity contribution >= 4 is 11.6 Å². The molecule has 1 aromatic carbocycles. The lowest BCUT2D eigenvalue weighted by molar-refractivity contribution is 0.187. The molecule has 0 radical (unpaired) electrons. The van der Waals surface area contributed by atoms with Gasteiger partial charge in [0.05, 0.1) is 6.10 Å². The lowest BCUT2D eigenvalue weighted by atomic mass is 10.1. The second kappa shape index (κ2) is 5.19. The molecular weight excluding hydrogens is 212 g/mol. The number of halogens is 1. The average molecular weight is 227 g/mol. The summed E-state index contributed by atoms with van der Waals surface area (Å²) in [7, 11) is 0. The Balaban J connectivity index is 3.00. The van der Waals surface area contributed by atoms with Gasteiger partial charge in [0, 0.05) is 10.6 Å². The highest BCUT2D eigenvalue weighted by atomic mass is 35.5. The fourth-order valence-electron chi connectivity index (χ4n) is 1.20. The summed E-state index contributed by atoms with van der Waals surface area (Å²) in [5.74, 6) is 0.641. The van der Waals surface area contributed by atoms with Gasteiger partial charge in [-0.05, 0) is 32.0 Å². The zero-order valence-electron chi connectivity index (χ0n) is 8.90. The molecule has 0 aromatic heterocycles. The van der Waals surface area contributed by atoms with Crippen LogP contribution in [0.15, 0.2) is 30.9 Å². The summed E-state index contributed by atoms with van der Waals surface area (Å²) >= 11 is 5.84. The van der Waals surface area contributed by atoms with Crippen LogP contribution in [-0.4, -0.2) is 11.2 Å². The molecule has 0 aliphatic carbocycles. The van der Waals surface area contributed by atoms with Crippen molar-refractivity contribution in [3.8, 4) is 5.75 Å². The topological polar surface area (TPSA) is 29.5 Å². The van der Waals surface area contributed by atoms with Gasteiger partial charge in [-0.15, -0.1) is 0 Å². The molecule has 1 unspecified atom stereocenters. The maximum absolute atomic E-state index is 9.55. The largest absolute Gasteiger partial charge is 0.486 e. The van der Waals surface area contributed by atoms with Crippen LogP contribution in [0.5, 0.6) is 5.75 Å². The number of hydrogen-bond donors (Lipinski definition) is 1. The fourth-order valence-corrected chi connectivity index (χ4v) is 1.38. The third-order valence-electron chi connectivity index (χ3n) is 2.07. The highest BCUT2D eigenvalue weighted by molar-refractivity contribution is 6.30. The monoisotopic (exact) mass is 226 g/mol. The lowest BCUT2D eigenvalue weighted by Gasteiger charge is -2.16. The molecule has 1 aromatic rings. The molecule has 0 aliphatic rings. The first-order valence-electron chi connectivity index (χ1n) is 4.81. The van der Waals surface area contributed by atoms with Gasteiger partial charge in [0.25, 0.3) is 0 Å². The molecular formula is C12H15ClO2. The van der Waals surface area contributed by atoms with Gasteiger partial charge in [0.2, 0.25) is 0 Å². The molecule has 2 atom stereocenters. The van der Waals surface area contributed by atoms with E-state index in [4.69, 9.17) is 16.3 Å². The van der Waals surface area contributed by atoms with Crippen LogP contribution in [0.25, 0.3) is 0 Å². The minimum atomic E-state index is -0.601. The zero-order valence-corrected chi connectivity index (χ0v) is 9.66. The fraction of sp³-hybridized carbons (Fsp3) is 0.333. The van der Waals surface area contributed by atoms with Crippen molar-refractivity contribution in [3.05, 3.63) is 41.4 Å². The summed E-state index contributed by atoms with van der Waals surface area (Å²) < 4.78 is 5.57. The molecule has 0 spiro atoms. The van der Waals surface area contributed by atoms with Crippen LogP contribution >= 0.6 is 11.6 Å². The van der Waals surface area contributed by atoms with E-state index in [9.17, 15) is 5.11 Å². The average Bonchev–Trinajstić information content (AvgIpc) is 2.20. The van der Waals surface area contributed by atoms with Crippen LogP contribution in [0.4, 0.5) is 0 Å². The van der Waals surface area contributed by atoms with Gasteiger partial charge >= 0.3 is 0 Å². The van der Waals surface area contributed by atoms with Crippen molar-refractivity contribution in [1.29, 1.82) is 0 Å². The van der Waals surface area contributed by atoms with Crippen molar-refractivity contribution in [1.82, 2.24) is 0 Å². The van der Waals surface area contributed by atoms with Crippen LogP contribution in [-0.2, 0) is 0 Å². The van der Waals surface area contributed by atoms with Crippen LogP contribution < -0.4 is 4.74 Å². The third-order valence-corrected chi connectivity index (χ3v) is 2.30. The second-order valence-electron chi connectivity index (χ2n) is 3.42. The Bertz CT molecular complexity index is 347. The van der Waals surface area contributed by atoms with E-state index in [0.717, 1.165) is 0 Å². The first-order valence-corrected chi connectivity index (χ1v) is 5.19. The normalized spacial score (nSPS) is 14.4.